The lowest BCUT2D eigenvalue weighted by Crippen LogP contribution is -2.49. The Morgan fingerprint density at radius 2 is 2.27 bits per heavy atom. The first kappa shape index (κ1) is 15.2. The van der Waals surface area contributed by atoms with Gasteiger partial charge in [0.05, 0.1) is 11.3 Å². The predicted molar refractivity (Wildman–Crippen MR) is 82.1 cm³/mol. The Hall–Kier alpha value is -1.73. The van der Waals surface area contributed by atoms with E-state index in [1.165, 1.54) is 5.69 Å². The maximum atomic E-state index is 10.9. The quantitative estimate of drug-likeness (QED) is 0.876. The second-order valence-corrected chi connectivity index (χ2v) is 6.21. The lowest BCUT2D eigenvalue weighted by atomic mass is 9.89. The van der Waals surface area contributed by atoms with Crippen LogP contribution >= 0.6 is 0 Å². The SMILES string of the molecule is CCn1nccc1CN1CCCC(O)(Cc2nncn2C)C1. The summed E-state index contributed by atoms with van der Waals surface area (Å²) in [5.41, 5.74) is 0.473. The van der Waals surface area contributed by atoms with Gasteiger partial charge in [-0.25, -0.2) is 0 Å². The second-order valence-electron chi connectivity index (χ2n) is 6.21. The molecule has 22 heavy (non-hydrogen) atoms. The van der Waals surface area contributed by atoms with Gasteiger partial charge >= 0.3 is 0 Å². The maximum absolute atomic E-state index is 10.9. The number of piperidine rings is 1. The molecule has 1 aliphatic rings. The smallest absolute Gasteiger partial charge is 0.135 e. The van der Waals surface area contributed by atoms with Crippen LogP contribution in [0.15, 0.2) is 18.6 Å². The van der Waals surface area contributed by atoms with Crippen molar-refractivity contribution in [1.82, 2.24) is 29.4 Å². The van der Waals surface area contributed by atoms with Crippen molar-refractivity contribution in [3.63, 3.8) is 0 Å². The highest BCUT2D eigenvalue weighted by Gasteiger charge is 2.34. The van der Waals surface area contributed by atoms with E-state index in [1.54, 1.807) is 6.33 Å². The van der Waals surface area contributed by atoms with Crippen molar-refractivity contribution in [2.24, 2.45) is 7.05 Å². The number of β-amino-alcohol motifs (C(OH)–C–C–N with tert-alkyl or cyclic N) is 1. The van der Waals surface area contributed by atoms with Crippen molar-refractivity contribution >= 4 is 0 Å². The fraction of sp³-hybridized carbons (Fsp3) is 0.667. The van der Waals surface area contributed by atoms with E-state index in [0.29, 0.717) is 13.0 Å². The molecule has 1 saturated heterocycles. The Labute approximate surface area is 130 Å². The standard InChI is InChI=1S/C15H24N6O/c1-3-21-13(5-7-17-21)10-20-8-4-6-15(22,11-20)9-14-18-16-12-19(14)2/h5,7,12,22H,3-4,6,8-11H2,1-2H3. The third-order valence-corrected chi connectivity index (χ3v) is 4.42. The number of hydrogen-bond donors (Lipinski definition) is 1. The van der Waals surface area contributed by atoms with Crippen molar-refractivity contribution in [2.75, 3.05) is 13.1 Å². The Morgan fingerprint density at radius 3 is 3.00 bits per heavy atom. The van der Waals surface area contributed by atoms with Gasteiger partial charge in [0.1, 0.15) is 12.2 Å². The van der Waals surface area contributed by atoms with Gasteiger partial charge in [0.25, 0.3) is 0 Å². The van der Waals surface area contributed by atoms with E-state index in [1.807, 2.05) is 22.5 Å². The summed E-state index contributed by atoms with van der Waals surface area (Å²) < 4.78 is 3.89. The largest absolute Gasteiger partial charge is 0.388 e. The topological polar surface area (TPSA) is 72.0 Å². The first-order chi connectivity index (χ1) is 10.6. The highest BCUT2D eigenvalue weighted by molar-refractivity contribution is 5.03. The summed E-state index contributed by atoms with van der Waals surface area (Å²) in [5, 5.41) is 23.3. The van der Waals surface area contributed by atoms with Crippen molar-refractivity contribution in [1.29, 1.82) is 0 Å². The van der Waals surface area contributed by atoms with Crippen LogP contribution in [0.1, 0.15) is 31.3 Å². The normalized spacial score (nSPS) is 23.0. The summed E-state index contributed by atoms with van der Waals surface area (Å²) in [5.74, 6) is 0.836. The molecule has 1 unspecified atom stereocenters. The molecule has 3 rings (SSSR count). The van der Waals surface area contributed by atoms with E-state index in [-0.39, 0.29) is 0 Å². The third kappa shape index (κ3) is 3.20. The van der Waals surface area contributed by atoms with Gasteiger partial charge in [0.15, 0.2) is 0 Å². The first-order valence-electron chi connectivity index (χ1n) is 7.88. The lowest BCUT2D eigenvalue weighted by Gasteiger charge is -2.39. The molecule has 1 atom stereocenters. The molecule has 2 aromatic heterocycles. The molecule has 1 fully saturated rings. The summed E-state index contributed by atoms with van der Waals surface area (Å²) in [7, 11) is 1.92. The molecular weight excluding hydrogens is 280 g/mol. The highest BCUT2D eigenvalue weighted by Crippen LogP contribution is 2.25. The van der Waals surface area contributed by atoms with Crippen LogP contribution in [0.2, 0.25) is 0 Å². The molecule has 0 amide bonds. The van der Waals surface area contributed by atoms with Gasteiger partial charge in [-0.3, -0.25) is 9.58 Å². The number of aromatic nitrogens is 5. The van der Waals surface area contributed by atoms with Gasteiger partial charge in [0.2, 0.25) is 0 Å². The molecule has 0 bridgehead atoms. The van der Waals surface area contributed by atoms with Gasteiger partial charge in [-0.1, -0.05) is 0 Å². The Morgan fingerprint density at radius 1 is 1.41 bits per heavy atom. The molecule has 3 heterocycles. The van der Waals surface area contributed by atoms with E-state index in [0.717, 1.165) is 38.3 Å². The molecule has 0 spiro atoms. The molecular formula is C15H24N6O. The van der Waals surface area contributed by atoms with Crippen LogP contribution in [-0.4, -0.2) is 53.2 Å². The van der Waals surface area contributed by atoms with E-state index in [9.17, 15) is 5.11 Å². The van der Waals surface area contributed by atoms with Crippen molar-refractivity contribution in [3.05, 3.63) is 30.1 Å². The van der Waals surface area contributed by atoms with E-state index in [2.05, 4.69) is 33.2 Å². The van der Waals surface area contributed by atoms with Crippen LogP contribution in [0.25, 0.3) is 0 Å². The Bertz CT molecular complexity index is 621. The molecule has 7 nitrogen and oxygen atoms in total. The van der Waals surface area contributed by atoms with Crippen LogP contribution in [0.3, 0.4) is 0 Å². The van der Waals surface area contributed by atoms with Crippen molar-refractivity contribution in [2.45, 2.75) is 44.9 Å². The third-order valence-electron chi connectivity index (χ3n) is 4.42. The monoisotopic (exact) mass is 304 g/mol. The van der Waals surface area contributed by atoms with Gasteiger partial charge in [-0.2, -0.15) is 5.10 Å². The predicted octanol–water partition coefficient (Wildman–Crippen LogP) is 0.601. The number of aryl methyl sites for hydroxylation is 2. The zero-order valence-electron chi connectivity index (χ0n) is 13.3. The molecule has 0 aromatic carbocycles. The summed E-state index contributed by atoms with van der Waals surface area (Å²) in [6, 6.07) is 2.06. The number of likely N-dealkylation sites (tertiary alicyclic amines) is 1. The van der Waals surface area contributed by atoms with Crippen LogP contribution < -0.4 is 0 Å². The fourth-order valence-electron chi connectivity index (χ4n) is 3.26. The number of hydrogen-bond acceptors (Lipinski definition) is 5. The molecule has 1 aliphatic heterocycles. The average Bonchev–Trinajstić information content (AvgIpc) is 3.08. The fourth-order valence-corrected chi connectivity index (χ4v) is 3.26. The average molecular weight is 304 g/mol. The minimum atomic E-state index is -0.726. The van der Waals surface area contributed by atoms with Crippen molar-refractivity contribution in [3.8, 4) is 0 Å². The molecule has 1 N–H and O–H groups in total. The highest BCUT2D eigenvalue weighted by atomic mass is 16.3. The maximum Gasteiger partial charge on any atom is 0.135 e. The Kier molecular flexibility index (Phi) is 4.26. The van der Waals surface area contributed by atoms with E-state index >= 15 is 0 Å². The van der Waals surface area contributed by atoms with Crippen LogP contribution in [-0.2, 0) is 26.6 Å². The number of aliphatic hydroxyl groups is 1. The minimum Gasteiger partial charge on any atom is -0.388 e. The Balaban J connectivity index is 1.67. The van der Waals surface area contributed by atoms with E-state index < -0.39 is 5.60 Å². The summed E-state index contributed by atoms with van der Waals surface area (Å²) in [6.45, 7) is 5.47. The molecule has 120 valence electrons. The molecule has 2 aromatic rings. The summed E-state index contributed by atoms with van der Waals surface area (Å²) in [4.78, 5) is 2.31. The van der Waals surface area contributed by atoms with Crippen molar-refractivity contribution < 1.29 is 5.11 Å². The zero-order chi connectivity index (χ0) is 15.6. The number of nitrogens with zero attached hydrogens (tertiary/aromatic N) is 6. The van der Waals surface area contributed by atoms with Gasteiger partial charge < -0.3 is 9.67 Å². The number of rotatable bonds is 5. The molecule has 0 aliphatic carbocycles. The summed E-state index contributed by atoms with van der Waals surface area (Å²) in [6.07, 6.45) is 5.87. The van der Waals surface area contributed by atoms with Crippen LogP contribution in [0, 0.1) is 0 Å². The van der Waals surface area contributed by atoms with Gasteiger partial charge in [0, 0.05) is 39.3 Å². The van der Waals surface area contributed by atoms with Crippen LogP contribution in [0.4, 0.5) is 0 Å². The van der Waals surface area contributed by atoms with Gasteiger partial charge in [-0.05, 0) is 32.4 Å². The zero-order valence-corrected chi connectivity index (χ0v) is 13.3. The van der Waals surface area contributed by atoms with E-state index in [4.69, 9.17) is 0 Å². The minimum absolute atomic E-state index is 0.549. The first-order valence-corrected chi connectivity index (χ1v) is 7.88. The van der Waals surface area contributed by atoms with Crippen LogP contribution in [0.5, 0.6) is 0 Å². The van der Waals surface area contributed by atoms with Gasteiger partial charge in [-0.15, -0.1) is 10.2 Å². The molecule has 7 heteroatoms. The second kappa shape index (κ2) is 6.18. The molecule has 0 radical (unpaired) electrons. The summed E-state index contributed by atoms with van der Waals surface area (Å²) >= 11 is 0. The molecule has 0 saturated carbocycles. The lowest BCUT2D eigenvalue weighted by molar-refractivity contribution is -0.0350.